The number of amides is 1. The molecule has 4 nitrogen and oxygen atoms in total. The minimum Gasteiger partial charge on any atom is -0.444 e. The number of fused-ring (bicyclic) bond motifs is 2. The van der Waals surface area contributed by atoms with Gasteiger partial charge in [-0.3, -0.25) is 0 Å². The van der Waals surface area contributed by atoms with E-state index in [-0.39, 0.29) is 6.09 Å². The first-order chi connectivity index (χ1) is 11.2. The molecule has 2 atom stereocenters. The molecule has 2 aliphatic rings. The van der Waals surface area contributed by atoms with Gasteiger partial charge < -0.3 is 15.0 Å². The zero-order valence-corrected chi connectivity index (χ0v) is 16.5. The number of hydrogen-bond acceptors (Lipinski definition) is 3. The number of carbonyl (C=O) groups is 1. The number of halogens is 1. The van der Waals surface area contributed by atoms with E-state index in [4.69, 9.17) is 4.74 Å². The predicted octanol–water partition coefficient (Wildman–Crippen LogP) is 5.10. The largest absolute Gasteiger partial charge is 0.444 e. The lowest BCUT2D eigenvalue weighted by Crippen LogP contribution is -2.51. The van der Waals surface area contributed by atoms with Crippen molar-refractivity contribution in [3.05, 3.63) is 28.2 Å². The smallest absolute Gasteiger partial charge is 0.410 e. The molecule has 0 spiro atoms. The summed E-state index contributed by atoms with van der Waals surface area (Å²) in [4.78, 5) is 14.5. The van der Waals surface area contributed by atoms with Crippen molar-refractivity contribution in [3.63, 3.8) is 0 Å². The standard InChI is InChI=1S/C19H27BrN2O2/c1-12-9-13(20)5-8-17(12)21-14-10-15-6-7-16(11-14)22(15)18(23)24-19(2,3)4/h5,8-9,14-16,21H,6-7,10-11H2,1-4H3. The molecule has 2 fully saturated rings. The molecular weight excluding hydrogens is 368 g/mol. The van der Waals surface area contributed by atoms with E-state index in [1.54, 1.807) is 0 Å². The van der Waals surface area contributed by atoms with Gasteiger partial charge in [0.05, 0.1) is 0 Å². The van der Waals surface area contributed by atoms with Crippen LogP contribution in [0.3, 0.4) is 0 Å². The summed E-state index contributed by atoms with van der Waals surface area (Å²) in [5, 5.41) is 3.69. The number of nitrogens with one attached hydrogen (secondary N) is 1. The summed E-state index contributed by atoms with van der Waals surface area (Å²) in [5.74, 6) is 0. The van der Waals surface area contributed by atoms with Crippen LogP contribution in [0.5, 0.6) is 0 Å². The van der Waals surface area contributed by atoms with Gasteiger partial charge in [-0.2, -0.15) is 0 Å². The van der Waals surface area contributed by atoms with Crippen LogP contribution in [0, 0.1) is 6.92 Å². The van der Waals surface area contributed by atoms with Crippen LogP contribution in [0.15, 0.2) is 22.7 Å². The fourth-order valence-electron chi connectivity index (χ4n) is 3.92. The first-order valence-corrected chi connectivity index (χ1v) is 9.56. The molecule has 2 unspecified atom stereocenters. The van der Waals surface area contributed by atoms with Gasteiger partial charge in [0, 0.05) is 28.3 Å². The van der Waals surface area contributed by atoms with Gasteiger partial charge in [0.2, 0.25) is 0 Å². The van der Waals surface area contributed by atoms with E-state index in [0.717, 1.165) is 30.2 Å². The van der Waals surface area contributed by atoms with Gasteiger partial charge in [-0.15, -0.1) is 0 Å². The van der Waals surface area contributed by atoms with Crippen LogP contribution < -0.4 is 5.32 Å². The number of ether oxygens (including phenoxy) is 1. The fraction of sp³-hybridized carbons (Fsp3) is 0.632. The first-order valence-electron chi connectivity index (χ1n) is 8.77. The molecule has 0 saturated carbocycles. The van der Waals surface area contributed by atoms with Crippen molar-refractivity contribution in [1.29, 1.82) is 0 Å². The van der Waals surface area contributed by atoms with Crippen LogP contribution in [0.25, 0.3) is 0 Å². The van der Waals surface area contributed by atoms with E-state index < -0.39 is 5.60 Å². The second kappa shape index (κ2) is 6.58. The highest BCUT2D eigenvalue weighted by atomic mass is 79.9. The van der Waals surface area contributed by atoms with Crippen LogP contribution in [0.2, 0.25) is 0 Å². The number of nitrogens with zero attached hydrogens (tertiary/aromatic N) is 1. The molecule has 1 aromatic carbocycles. The van der Waals surface area contributed by atoms with Gasteiger partial charge in [0.1, 0.15) is 5.60 Å². The average Bonchev–Trinajstić information content (AvgIpc) is 2.72. The van der Waals surface area contributed by atoms with Gasteiger partial charge in [0.15, 0.2) is 0 Å². The Morgan fingerprint density at radius 2 is 1.88 bits per heavy atom. The van der Waals surface area contributed by atoms with E-state index in [0.29, 0.717) is 18.1 Å². The fourth-order valence-corrected chi connectivity index (χ4v) is 4.39. The van der Waals surface area contributed by atoms with Crippen molar-refractivity contribution in [1.82, 2.24) is 4.90 Å². The van der Waals surface area contributed by atoms with Crippen molar-refractivity contribution in [2.24, 2.45) is 0 Å². The normalized spacial score (nSPS) is 26.4. The molecule has 2 bridgehead atoms. The summed E-state index contributed by atoms with van der Waals surface area (Å²) in [6, 6.07) is 7.34. The number of rotatable bonds is 2. The zero-order chi connectivity index (χ0) is 17.5. The first kappa shape index (κ1) is 17.6. The van der Waals surface area contributed by atoms with Crippen molar-refractivity contribution in [2.45, 2.75) is 77.1 Å². The SMILES string of the molecule is Cc1cc(Br)ccc1NC1CC2CCC(C1)N2C(=O)OC(C)(C)C. The third-order valence-corrected chi connectivity index (χ3v) is 5.38. The van der Waals surface area contributed by atoms with Crippen molar-refractivity contribution < 1.29 is 9.53 Å². The summed E-state index contributed by atoms with van der Waals surface area (Å²) in [6.45, 7) is 7.91. The highest BCUT2D eigenvalue weighted by Gasteiger charge is 2.44. The quantitative estimate of drug-likeness (QED) is 0.758. The highest BCUT2D eigenvalue weighted by Crippen LogP contribution is 2.38. The van der Waals surface area contributed by atoms with Crippen molar-refractivity contribution >= 4 is 27.7 Å². The second-order valence-corrected chi connectivity index (χ2v) is 8.96. The average molecular weight is 395 g/mol. The molecule has 5 heteroatoms. The molecule has 132 valence electrons. The van der Waals surface area contributed by atoms with Crippen LogP contribution in [-0.2, 0) is 4.74 Å². The maximum Gasteiger partial charge on any atom is 0.410 e. The van der Waals surface area contributed by atoms with E-state index in [1.165, 1.54) is 11.3 Å². The molecule has 2 saturated heterocycles. The third-order valence-electron chi connectivity index (χ3n) is 4.89. The Kier molecular flexibility index (Phi) is 4.82. The maximum atomic E-state index is 12.5. The number of aryl methyl sites for hydroxylation is 1. The Labute approximate surface area is 153 Å². The lowest BCUT2D eigenvalue weighted by Gasteiger charge is -2.40. The highest BCUT2D eigenvalue weighted by molar-refractivity contribution is 9.10. The molecule has 24 heavy (non-hydrogen) atoms. The third kappa shape index (κ3) is 3.88. The summed E-state index contributed by atoms with van der Waals surface area (Å²) in [5.41, 5.74) is 2.00. The van der Waals surface area contributed by atoms with Gasteiger partial charge in [-0.1, -0.05) is 15.9 Å². The molecule has 1 amide bonds. The second-order valence-electron chi connectivity index (χ2n) is 8.04. The zero-order valence-electron chi connectivity index (χ0n) is 14.9. The molecule has 1 aromatic rings. The summed E-state index contributed by atoms with van der Waals surface area (Å²) < 4.78 is 6.71. The van der Waals surface area contributed by atoms with Crippen molar-refractivity contribution in [2.75, 3.05) is 5.32 Å². The number of hydrogen-bond donors (Lipinski definition) is 1. The Hall–Kier alpha value is -1.23. The Balaban J connectivity index is 1.66. The van der Waals surface area contributed by atoms with Gasteiger partial charge in [0.25, 0.3) is 0 Å². The van der Waals surface area contributed by atoms with Crippen LogP contribution in [0.1, 0.15) is 52.0 Å². The molecule has 0 radical (unpaired) electrons. The molecule has 3 rings (SSSR count). The molecule has 0 aliphatic carbocycles. The van der Waals surface area contributed by atoms with Gasteiger partial charge in [-0.05, 0) is 77.1 Å². The van der Waals surface area contributed by atoms with Crippen LogP contribution in [0.4, 0.5) is 10.5 Å². The van der Waals surface area contributed by atoms with E-state index in [1.807, 2.05) is 25.7 Å². The monoisotopic (exact) mass is 394 g/mol. The lowest BCUT2D eigenvalue weighted by atomic mass is 9.97. The predicted molar refractivity (Wildman–Crippen MR) is 100 cm³/mol. The summed E-state index contributed by atoms with van der Waals surface area (Å²) in [7, 11) is 0. The van der Waals surface area contributed by atoms with E-state index >= 15 is 0 Å². The minimum absolute atomic E-state index is 0.145. The number of anilines is 1. The lowest BCUT2D eigenvalue weighted by molar-refractivity contribution is 0.00683. The number of piperidine rings is 1. The topological polar surface area (TPSA) is 41.6 Å². The molecule has 2 heterocycles. The van der Waals surface area contributed by atoms with Gasteiger partial charge in [-0.25, -0.2) is 4.79 Å². The molecular formula is C19H27BrN2O2. The van der Waals surface area contributed by atoms with Gasteiger partial charge >= 0.3 is 6.09 Å². The van der Waals surface area contributed by atoms with Crippen LogP contribution in [-0.4, -0.2) is 34.7 Å². The molecule has 1 N–H and O–H groups in total. The maximum absolute atomic E-state index is 12.5. The van der Waals surface area contributed by atoms with Crippen molar-refractivity contribution in [3.8, 4) is 0 Å². The Morgan fingerprint density at radius 3 is 2.42 bits per heavy atom. The number of benzene rings is 1. The van der Waals surface area contributed by atoms with Crippen LogP contribution >= 0.6 is 15.9 Å². The number of carbonyl (C=O) groups excluding carboxylic acids is 1. The van der Waals surface area contributed by atoms with E-state index in [9.17, 15) is 4.79 Å². The van der Waals surface area contributed by atoms with E-state index in [2.05, 4.69) is 46.4 Å². The Bertz CT molecular complexity index is 612. The molecule has 0 aromatic heterocycles. The summed E-state index contributed by atoms with van der Waals surface area (Å²) in [6.07, 6.45) is 4.01. The molecule has 2 aliphatic heterocycles. The summed E-state index contributed by atoms with van der Waals surface area (Å²) >= 11 is 3.51. The minimum atomic E-state index is -0.430. The Morgan fingerprint density at radius 1 is 1.25 bits per heavy atom.